The van der Waals surface area contributed by atoms with E-state index in [1.165, 1.54) is 0 Å². The predicted octanol–water partition coefficient (Wildman–Crippen LogP) is 6.22. The lowest BCUT2D eigenvalue weighted by molar-refractivity contribution is 0.0898. The van der Waals surface area contributed by atoms with Crippen LogP contribution in [-0.4, -0.2) is 34.9 Å². The zero-order valence-corrected chi connectivity index (χ0v) is 20.2. The molecule has 0 saturated carbocycles. The van der Waals surface area contributed by atoms with Gasteiger partial charge in [0.1, 0.15) is 12.2 Å². The van der Waals surface area contributed by atoms with Crippen molar-refractivity contribution in [3.05, 3.63) is 89.7 Å². The van der Waals surface area contributed by atoms with Gasteiger partial charge in [0.25, 0.3) is 0 Å². The Bertz CT molecular complexity index is 1170. The van der Waals surface area contributed by atoms with Crippen molar-refractivity contribution < 1.29 is 4.74 Å². The van der Waals surface area contributed by atoms with Crippen LogP contribution in [0.3, 0.4) is 0 Å². The molecule has 0 bridgehead atoms. The minimum absolute atomic E-state index is 0.491. The third-order valence-electron chi connectivity index (χ3n) is 5.28. The molecule has 0 aliphatic heterocycles. The smallest absolute Gasteiger partial charge is 0.171 e. The summed E-state index contributed by atoms with van der Waals surface area (Å²) in [5.74, 6) is 0.598. The molecule has 2 heterocycles. The van der Waals surface area contributed by atoms with Gasteiger partial charge in [-0.25, -0.2) is 15.0 Å². The average molecular weight is 443 g/mol. The lowest BCUT2D eigenvalue weighted by Gasteiger charge is -2.15. The molecule has 0 N–H and O–H groups in total. The van der Waals surface area contributed by atoms with Crippen molar-refractivity contribution in [2.75, 3.05) is 6.61 Å². The number of nitrogens with zero attached hydrogens (tertiary/aromatic N) is 4. The van der Waals surface area contributed by atoms with Crippen molar-refractivity contribution in [3.8, 4) is 0 Å². The zero-order chi connectivity index (χ0) is 22.6. The molecule has 2 aromatic carbocycles. The van der Waals surface area contributed by atoms with Gasteiger partial charge in [0.2, 0.25) is 0 Å². The summed E-state index contributed by atoms with van der Waals surface area (Å²) in [5.41, 5.74) is 5.73. The SMILES string of the molecule is Cc1cn(COCC[Si](C)(C)C)c2ncc(N=C(c3ccccc3)c3ccccc3)nc12. The second-order valence-electron chi connectivity index (χ2n) is 9.22. The van der Waals surface area contributed by atoms with Gasteiger partial charge >= 0.3 is 0 Å². The van der Waals surface area contributed by atoms with Gasteiger partial charge < -0.3 is 9.30 Å². The van der Waals surface area contributed by atoms with E-state index in [4.69, 9.17) is 19.7 Å². The summed E-state index contributed by atoms with van der Waals surface area (Å²) in [5, 5.41) is 0. The van der Waals surface area contributed by atoms with Crippen LogP contribution in [0.5, 0.6) is 0 Å². The van der Waals surface area contributed by atoms with Crippen LogP contribution < -0.4 is 0 Å². The maximum absolute atomic E-state index is 5.93. The summed E-state index contributed by atoms with van der Waals surface area (Å²) in [6.07, 6.45) is 3.80. The Morgan fingerprint density at radius 3 is 2.19 bits per heavy atom. The first-order valence-electron chi connectivity index (χ1n) is 11.0. The van der Waals surface area contributed by atoms with E-state index in [9.17, 15) is 0 Å². The largest absolute Gasteiger partial charge is 0.361 e. The van der Waals surface area contributed by atoms with Crippen molar-refractivity contribution in [3.63, 3.8) is 0 Å². The minimum Gasteiger partial charge on any atom is -0.361 e. The third kappa shape index (κ3) is 5.39. The fraction of sp³-hybridized carbons (Fsp3) is 0.269. The molecule has 0 fully saturated rings. The summed E-state index contributed by atoms with van der Waals surface area (Å²) in [4.78, 5) is 14.4. The molecule has 164 valence electrons. The monoisotopic (exact) mass is 442 g/mol. The average Bonchev–Trinajstić information content (AvgIpc) is 3.10. The van der Waals surface area contributed by atoms with E-state index in [2.05, 4.69) is 57.0 Å². The molecule has 0 spiro atoms. The van der Waals surface area contributed by atoms with Crippen LogP contribution >= 0.6 is 0 Å². The molecule has 0 radical (unpaired) electrons. The van der Waals surface area contributed by atoms with Crippen LogP contribution in [0.2, 0.25) is 25.7 Å². The zero-order valence-electron chi connectivity index (χ0n) is 19.2. The highest BCUT2D eigenvalue weighted by Gasteiger charge is 2.14. The molecule has 32 heavy (non-hydrogen) atoms. The Balaban J connectivity index is 1.64. The van der Waals surface area contributed by atoms with Gasteiger partial charge in [-0.15, -0.1) is 0 Å². The lowest BCUT2D eigenvalue weighted by atomic mass is 10.0. The summed E-state index contributed by atoms with van der Waals surface area (Å²) in [7, 11) is -1.10. The molecule has 0 aliphatic rings. The highest BCUT2D eigenvalue weighted by Crippen LogP contribution is 2.22. The summed E-state index contributed by atoms with van der Waals surface area (Å²) < 4.78 is 7.96. The van der Waals surface area contributed by atoms with E-state index in [-0.39, 0.29) is 0 Å². The Morgan fingerprint density at radius 1 is 0.969 bits per heavy atom. The van der Waals surface area contributed by atoms with Crippen LogP contribution in [0, 0.1) is 6.92 Å². The van der Waals surface area contributed by atoms with Crippen molar-refractivity contribution >= 4 is 30.8 Å². The number of aliphatic imine (C=N–C) groups is 1. The number of hydrogen-bond donors (Lipinski definition) is 0. The highest BCUT2D eigenvalue weighted by atomic mass is 28.3. The Kier molecular flexibility index (Phi) is 6.63. The van der Waals surface area contributed by atoms with E-state index in [0.717, 1.165) is 46.2 Å². The number of fused-ring (bicyclic) bond motifs is 1. The predicted molar refractivity (Wildman–Crippen MR) is 135 cm³/mol. The molecular weight excluding hydrogens is 412 g/mol. The second-order valence-corrected chi connectivity index (χ2v) is 14.8. The fourth-order valence-corrected chi connectivity index (χ4v) is 4.26. The van der Waals surface area contributed by atoms with Crippen LogP contribution in [-0.2, 0) is 11.5 Å². The maximum atomic E-state index is 5.93. The molecule has 6 heteroatoms. The van der Waals surface area contributed by atoms with Gasteiger partial charge in [0, 0.05) is 32.0 Å². The Labute approximate surface area is 190 Å². The number of ether oxygens (including phenoxy) is 1. The normalized spacial score (nSPS) is 11.6. The third-order valence-corrected chi connectivity index (χ3v) is 6.99. The maximum Gasteiger partial charge on any atom is 0.171 e. The topological polar surface area (TPSA) is 52.3 Å². The van der Waals surface area contributed by atoms with Crippen molar-refractivity contribution in [1.82, 2.24) is 14.5 Å². The van der Waals surface area contributed by atoms with Gasteiger partial charge in [0.05, 0.1) is 11.9 Å². The van der Waals surface area contributed by atoms with Crippen LogP contribution in [0.25, 0.3) is 11.2 Å². The second kappa shape index (κ2) is 9.59. The van der Waals surface area contributed by atoms with Gasteiger partial charge in [0.15, 0.2) is 11.5 Å². The summed E-state index contributed by atoms with van der Waals surface area (Å²) in [6, 6.07) is 21.5. The number of hydrogen-bond acceptors (Lipinski definition) is 4. The van der Waals surface area contributed by atoms with Crippen LogP contribution in [0.4, 0.5) is 5.82 Å². The fourth-order valence-electron chi connectivity index (χ4n) is 3.50. The molecule has 4 aromatic rings. The first-order chi connectivity index (χ1) is 15.4. The van der Waals surface area contributed by atoms with Crippen LogP contribution in [0.1, 0.15) is 16.7 Å². The van der Waals surface area contributed by atoms with E-state index >= 15 is 0 Å². The number of rotatable bonds is 8. The molecule has 0 unspecified atom stereocenters. The van der Waals surface area contributed by atoms with Gasteiger partial charge in [-0.2, -0.15) is 0 Å². The molecule has 0 atom stereocenters. The molecular formula is C26H30N4OSi. The molecule has 5 nitrogen and oxygen atoms in total. The standard InChI is InChI=1S/C26H30N4OSi/c1-20-18-30(19-31-15-16-32(2,3)4)26-24(20)28-23(17-27-26)29-25(21-11-7-5-8-12-21)22-13-9-6-10-14-22/h5-14,17-18H,15-16,19H2,1-4H3. The highest BCUT2D eigenvalue weighted by molar-refractivity contribution is 6.76. The van der Waals surface area contributed by atoms with E-state index in [0.29, 0.717) is 12.5 Å². The molecule has 0 amide bonds. The Morgan fingerprint density at radius 2 is 1.59 bits per heavy atom. The Hall–Kier alpha value is -3.09. The van der Waals surface area contributed by atoms with E-state index < -0.39 is 8.07 Å². The van der Waals surface area contributed by atoms with Gasteiger partial charge in [-0.05, 0) is 18.5 Å². The van der Waals surface area contributed by atoms with Crippen molar-refractivity contribution in [1.29, 1.82) is 0 Å². The first kappa shape index (κ1) is 22.1. The lowest BCUT2D eigenvalue weighted by Crippen LogP contribution is -2.22. The molecule has 0 saturated heterocycles. The van der Waals surface area contributed by atoms with Crippen molar-refractivity contribution in [2.24, 2.45) is 4.99 Å². The molecule has 4 rings (SSSR count). The van der Waals surface area contributed by atoms with Gasteiger partial charge in [-0.1, -0.05) is 80.3 Å². The minimum atomic E-state index is -1.10. The van der Waals surface area contributed by atoms with Crippen LogP contribution in [0.15, 0.2) is 78.0 Å². The number of aromatic nitrogens is 3. The van der Waals surface area contributed by atoms with Crippen molar-refractivity contribution in [2.45, 2.75) is 39.3 Å². The number of aryl methyl sites for hydroxylation is 1. The van der Waals surface area contributed by atoms with E-state index in [1.54, 1.807) is 6.20 Å². The summed E-state index contributed by atoms with van der Waals surface area (Å²) in [6.45, 7) is 10.4. The first-order valence-corrected chi connectivity index (χ1v) is 14.7. The van der Waals surface area contributed by atoms with E-state index in [1.807, 2.05) is 41.0 Å². The molecule has 0 aliphatic carbocycles. The van der Waals surface area contributed by atoms with Gasteiger partial charge in [-0.3, -0.25) is 0 Å². The summed E-state index contributed by atoms with van der Waals surface area (Å²) >= 11 is 0. The quantitative estimate of drug-likeness (QED) is 0.185. The number of benzene rings is 2. The molecule has 2 aromatic heterocycles.